The second kappa shape index (κ2) is 7.45. The molecule has 0 aromatic heterocycles. The van der Waals surface area contributed by atoms with E-state index < -0.39 is 12.0 Å². The first-order valence-corrected chi connectivity index (χ1v) is 6.74. The van der Waals surface area contributed by atoms with E-state index >= 15 is 0 Å². The Kier molecular flexibility index (Phi) is 6.24. The highest BCUT2D eigenvalue weighted by atomic mass is 16.5. The normalized spacial score (nSPS) is 19.7. The first kappa shape index (κ1) is 15.9. The quantitative estimate of drug-likeness (QED) is 0.626. The molecule has 1 amide bonds. The fraction of sp³-hybridized carbons (Fsp3) is 0.846. The number of carbonyl (C=O) groups excluding carboxylic acids is 1. The molecule has 1 rings (SSSR count). The van der Waals surface area contributed by atoms with E-state index in [-0.39, 0.29) is 17.9 Å². The molecule has 1 unspecified atom stereocenters. The van der Waals surface area contributed by atoms with E-state index in [1.54, 1.807) is 0 Å². The molecule has 1 aliphatic rings. The van der Waals surface area contributed by atoms with E-state index in [1.807, 2.05) is 0 Å². The number of carbonyl (C=O) groups is 2. The number of aliphatic carboxylic acids is 1. The lowest BCUT2D eigenvalue weighted by molar-refractivity contribution is -0.143. The lowest BCUT2D eigenvalue weighted by Crippen LogP contribution is -2.46. The number of hydrogen-bond donors (Lipinski definition) is 3. The van der Waals surface area contributed by atoms with Gasteiger partial charge in [0.25, 0.3) is 0 Å². The van der Waals surface area contributed by atoms with Crippen LogP contribution in [0.25, 0.3) is 0 Å². The van der Waals surface area contributed by atoms with Crippen LogP contribution in [-0.2, 0) is 14.3 Å². The summed E-state index contributed by atoms with van der Waals surface area (Å²) >= 11 is 0. The molecule has 6 nitrogen and oxygen atoms in total. The van der Waals surface area contributed by atoms with E-state index in [2.05, 4.69) is 5.32 Å². The average Bonchev–Trinajstić information content (AvgIpc) is 2.39. The Morgan fingerprint density at radius 3 is 2.47 bits per heavy atom. The summed E-state index contributed by atoms with van der Waals surface area (Å²) in [4.78, 5) is 22.9. The minimum atomic E-state index is -1.08. The molecular formula is C13H24N2O4. The largest absolute Gasteiger partial charge is 0.480 e. The second-order valence-electron chi connectivity index (χ2n) is 5.36. The van der Waals surface area contributed by atoms with Crippen LogP contribution in [0.15, 0.2) is 0 Å². The highest BCUT2D eigenvalue weighted by molar-refractivity contribution is 5.84. The third-order valence-corrected chi connectivity index (χ3v) is 3.85. The van der Waals surface area contributed by atoms with Gasteiger partial charge in [-0.05, 0) is 24.8 Å². The Morgan fingerprint density at radius 1 is 1.37 bits per heavy atom. The van der Waals surface area contributed by atoms with Crippen LogP contribution in [0, 0.1) is 5.41 Å². The third-order valence-electron chi connectivity index (χ3n) is 3.85. The Labute approximate surface area is 113 Å². The summed E-state index contributed by atoms with van der Waals surface area (Å²) in [5.41, 5.74) is 5.66. The van der Waals surface area contributed by atoms with Crippen molar-refractivity contribution in [3.8, 4) is 0 Å². The molecule has 1 saturated carbocycles. The van der Waals surface area contributed by atoms with Gasteiger partial charge in [-0.2, -0.15) is 0 Å². The number of hydrogen-bond acceptors (Lipinski definition) is 4. The van der Waals surface area contributed by atoms with Gasteiger partial charge in [-0.25, -0.2) is 4.79 Å². The van der Waals surface area contributed by atoms with E-state index in [1.165, 1.54) is 13.5 Å². The molecule has 1 fully saturated rings. The minimum Gasteiger partial charge on any atom is -0.480 e. The van der Waals surface area contributed by atoms with Crippen LogP contribution in [0.4, 0.5) is 0 Å². The van der Waals surface area contributed by atoms with Crippen LogP contribution < -0.4 is 11.1 Å². The van der Waals surface area contributed by atoms with Crippen LogP contribution in [0.3, 0.4) is 0 Å². The summed E-state index contributed by atoms with van der Waals surface area (Å²) < 4.78 is 4.79. The molecule has 0 spiro atoms. The SMILES string of the molecule is COCC(NC(=O)CC1(CN)CCCCC1)C(=O)O. The van der Waals surface area contributed by atoms with Gasteiger partial charge in [0.1, 0.15) is 0 Å². The van der Waals surface area contributed by atoms with Crippen LogP contribution in [0.2, 0.25) is 0 Å². The number of methoxy groups -OCH3 is 1. The molecule has 0 aromatic rings. The van der Waals surface area contributed by atoms with Crippen molar-refractivity contribution in [2.24, 2.45) is 11.1 Å². The summed E-state index contributed by atoms with van der Waals surface area (Å²) in [5, 5.41) is 11.5. The Balaban J connectivity index is 2.54. The fourth-order valence-corrected chi connectivity index (χ4v) is 2.68. The van der Waals surface area contributed by atoms with Crippen molar-refractivity contribution in [3.63, 3.8) is 0 Å². The fourth-order valence-electron chi connectivity index (χ4n) is 2.68. The van der Waals surface area contributed by atoms with Crippen LogP contribution in [-0.4, -0.2) is 43.3 Å². The topological polar surface area (TPSA) is 102 Å². The van der Waals surface area contributed by atoms with Crippen molar-refractivity contribution >= 4 is 11.9 Å². The molecule has 0 aliphatic heterocycles. The Bertz CT molecular complexity index is 314. The maximum absolute atomic E-state index is 12.0. The Hall–Kier alpha value is -1.14. The van der Waals surface area contributed by atoms with Crippen LogP contribution >= 0.6 is 0 Å². The number of nitrogens with two attached hydrogens (primary N) is 1. The monoisotopic (exact) mass is 272 g/mol. The molecule has 0 radical (unpaired) electrons. The van der Waals surface area contributed by atoms with Gasteiger partial charge >= 0.3 is 5.97 Å². The molecule has 1 aliphatic carbocycles. The molecule has 19 heavy (non-hydrogen) atoms. The van der Waals surface area contributed by atoms with E-state index in [4.69, 9.17) is 15.6 Å². The predicted molar refractivity (Wildman–Crippen MR) is 70.6 cm³/mol. The maximum atomic E-state index is 12.0. The van der Waals surface area contributed by atoms with Crippen molar-refractivity contribution in [2.45, 2.75) is 44.6 Å². The smallest absolute Gasteiger partial charge is 0.328 e. The van der Waals surface area contributed by atoms with Gasteiger partial charge in [0.15, 0.2) is 6.04 Å². The van der Waals surface area contributed by atoms with Gasteiger partial charge in [-0.1, -0.05) is 19.3 Å². The molecule has 0 heterocycles. The van der Waals surface area contributed by atoms with E-state index in [9.17, 15) is 9.59 Å². The predicted octanol–water partition coefficient (Wildman–Crippen LogP) is 0.502. The standard InChI is InChI=1S/C13H24N2O4/c1-19-8-10(12(17)18)15-11(16)7-13(9-14)5-3-2-4-6-13/h10H,2-9,14H2,1H3,(H,15,16)(H,17,18). The maximum Gasteiger partial charge on any atom is 0.328 e. The molecular weight excluding hydrogens is 248 g/mol. The molecule has 0 aromatic carbocycles. The first-order chi connectivity index (χ1) is 9.03. The summed E-state index contributed by atoms with van der Waals surface area (Å²) in [6.45, 7) is 0.444. The summed E-state index contributed by atoms with van der Waals surface area (Å²) in [5.74, 6) is -1.34. The number of amides is 1. The van der Waals surface area contributed by atoms with Gasteiger partial charge in [0.05, 0.1) is 6.61 Å². The number of carboxylic acids is 1. The lowest BCUT2D eigenvalue weighted by Gasteiger charge is -2.35. The molecule has 0 saturated heterocycles. The van der Waals surface area contributed by atoms with E-state index in [0.717, 1.165) is 25.7 Å². The number of rotatable bonds is 7. The zero-order valence-corrected chi connectivity index (χ0v) is 11.5. The minimum absolute atomic E-state index is 0.0311. The van der Waals surface area contributed by atoms with Gasteiger partial charge in [-0.15, -0.1) is 0 Å². The van der Waals surface area contributed by atoms with E-state index in [0.29, 0.717) is 13.0 Å². The van der Waals surface area contributed by atoms with Gasteiger partial charge in [0.2, 0.25) is 5.91 Å². The highest BCUT2D eigenvalue weighted by Gasteiger charge is 2.34. The molecule has 4 N–H and O–H groups in total. The average molecular weight is 272 g/mol. The zero-order chi connectivity index (χ0) is 14.3. The van der Waals surface area contributed by atoms with Crippen molar-refractivity contribution in [2.75, 3.05) is 20.3 Å². The van der Waals surface area contributed by atoms with Crippen molar-refractivity contribution < 1.29 is 19.4 Å². The van der Waals surface area contributed by atoms with Crippen molar-refractivity contribution in [1.82, 2.24) is 5.32 Å². The van der Waals surface area contributed by atoms with Crippen molar-refractivity contribution in [3.05, 3.63) is 0 Å². The van der Waals surface area contributed by atoms with Gasteiger partial charge in [0, 0.05) is 13.5 Å². The van der Waals surface area contributed by atoms with Gasteiger partial charge < -0.3 is 20.9 Å². The highest BCUT2D eigenvalue weighted by Crippen LogP contribution is 2.38. The summed E-state index contributed by atoms with van der Waals surface area (Å²) in [7, 11) is 1.41. The zero-order valence-electron chi connectivity index (χ0n) is 11.5. The number of carboxylic acid groups (broad SMARTS) is 1. The molecule has 6 heteroatoms. The molecule has 0 bridgehead atoms. The lowest BCUT2D eigenvalue weighted by atomic mass is 9.71. The third kappa shape index (κ3) is 4.80. The number of ether oxygens (including phenoxy) is 1. The van der Waals surface area contributed by atoms with Crippen LogP contribution in [0.5, 0.6) is 0 Å². The molecule has 110 valence electrons. The van der Waals surface area contributed by atoms with Gasteiger partial charge in [-0.3, -0.25) is 4.79 Å². The molecule has 1 atom stereocenters. The summed E-state index contributed by atoms with van der Waals surface area (Å²) in [6, 6.07) is -0.990. The van der Waals surface area contributed by atoms with Crippen molar-refractivity contribution in [1.29, 1.82) is 0 Å². The summed E-state index contributed by atoms with van der Waals surface area (Å²) in [6.07, 6.45) is 5.55. The number of nitrogens with one attached hydrogen (secondary N) is 1. The first-order valence-electron chi connectivity index (χ1n) is 6.74. The van der Waals surface area contributed by atoms with Crippen LogP contribution in [0.1, 0.15) is 38.5 Å². The Morgan fingerprint density at radius 2 is 2.00 bits per heavy atom. The second-order valence-corrected chi connectivity index (χ2v) is 5.36.